The van der Waals surface area contributed by atoms with Crippen molar-refractivity contribution < 1.29 is 14.6 Å². The number of rotatable bonds is 8. The van der Waals surface area contributed by atoms with E-state index in [0.29, 0.717) is 23.5 Å². The number of carbonyl (C=O) groups is 1. The molecule has 0 aliphatic carbocycles. The highest BCUT2D eigenvalue weighted by atomic mass is 16.5. The molecule has 0 aliphatic heterocycles. The molecule has 0 saturated heterocycles. The monoisotopic (exact) mass is 342 g/mol. The molecule has 2 aromatic carbocycles. The Morgan fingerprint density at radius 1 is 1.16 bits per heavy atom. The maximum atomic E-state index is 12.4. The summed E-state index contributed by atoms with van der Waals surface area (Å²) in [7, 11) is 3.80. The lowest BCUT2D eigenvalue weighted by Crippen LogP contribution is -2.30. The number of aryl methyl sites for hydroxylation is 1. The van der Waals surface area contributed by atoms with Crippen molar-refractivity contribution in [3.63, 3.8) is 0 Å². The van der Waals surface area contributed by atoms with Gasteiger partial charge in [0, 0.05) is 17.8 Å². The lowest BCUT2D eigenvalue weighted by atomic mass is 10.0. The summed E-state index contributed by atoms with van der Waals surface area (Å²) in [5.74, 6) is 0.539. The highest BCUT2D eigenvalue weighted by molar-refractivity contribution is 6.05. The summed E-state index contributed by atoms with van der Waals surface area (Å²) < 4.78 is 5.56. The van der Waals surface area contributed by atoms with E-state index in [-0.39, 0.29) is 12.5 Å². The normalized spacial score (nSPS) is 12.0. The van der Waals surface area contributed by atoms with Crippen molar-refractivity contribution in [1.29, 1.82) is 0 Å². The maximum absolute atomic E-state index is 12.4. The molecular formula is C20H26N2O3. The van der Waals surface area contributed by atoms with E-state index in [9.17, 15) is 9.90 Å². The summed E-state index contributed by atoms with van der Waals surface area (Å²) in [5, 5.41) is 12.7. The molecule has 5 heteroatoms. The van der Waals surface area contributed by atoms with E-state index < -0.39 is 6.10 Å². The quantitative estimate of drug-likeness (QED) is 0.774. The van der Waals surface area contributed by atoms with Crippen LogP contribution in [0, 0.1) is 0 Å². The third-order valence-corrected chi connectivity index (χ3v) is 3.77. The summed E-state index contributed by atoms with van der Waals surface area (Å²) in [6, 6.07) is 14.7. The molecule has 0 aliphatic rings. The van der Waals surface area contributed by atoms with Gasteiger partial charge in [-0.25, -0.2) is 0 Å². The van der Waals surface area contributed by atoms with E-state index in [2.05, 4.69) is 5.32 Å². The van der Waals surface area contributed by atoms with Gasteiger partial charge < -0.3 is 20.1 Å². The van der Waals surface area contributed by atoms with Crippen molar-refractivity contribution in [3.8, 4) is 5.75 Å². The van der Waals surface area contributed by atoms with Crippen LogP contribution in [0.4, 0.5) is 5.69 Å². The first-order valence-corrected chi connectivity index (χ1v) is 8.44. The average molecular weight is 342 g/mol. The van der Waals surface area contributed by atoms with Gasteiger partial charge in [-0.05, 0) is 56.4 Å². The van der Waals surface area contributed by atoms with Crippen LogP contribution in [-0.4, -0.2) is 49.3 Å². The summed E-state index contributed by atoms with van der Waals surface area (Å²) in [5.41, 5.74) is 2.42. The Balaban J connectivity index is 1.93. The minimum atomic E-state index is -0.542. The highest BCUT2D eigenvalue weighted by Gasteiger charge is 2.10. The number of ether oxygens (including phenoxy) is 1. The Bertz CT molecular complexity index is 684. The average Bonchev–Trinajstić information content (AvgIpc) is 2.60. The third kappa shape index (κ3) is 5.89. The van der Waals surface area contributed by atoms with Crippen LogP contribution in [-0.2, 0) is 6.42 Å². The Labute approximate surface area is 149 Å². The summed E-state index contributed by atoms with van der Waals surface area (Å²) >= 11 is 0. The first-order chi connectivity index (χ1) is 12.0. The van der Waals surface area contributed by atoms with Crippen molar-refractivity contribution in [2.24, 2.45) is 0 Å². The van der Waals surface area contributed by atoms with Crippen molar-refractivity contribution in [3.05, 3.63) is 59.7 Å². The van der Waals surface area contributed by atoms with Gasteiger partial charge in [0.05, 0.1) is 0 Å². The Morgan fingerprint density at radius 2 is 1.84 bits per heavy atom. The topological polar surface area (TPSA) is 61.8 Å². The summed E-state index contributed by atoms with van der Waals surface area (Å²) in [6.45, 7) is 2.81. The van der Waals surface area contributed by atoms with Crippen LogP contribution in [0.5, 0.6) is 5.75 Å². The van der Waals surface area contributed by atoms with Crippen LogP contribution >= 0.6 is 0 Å². The predicted octanol–water partition coefficient (Wildman–Crippen LogP) is 2.80. The van der Waals surface area contributed by atoms with Gasteiger partial charge in [0.15, 0.2) is 0 Å². The van der Waals surface area contributed by atoms with Crippen LogP contribution in [0.1, 0.15) is 22.8 Å². The fourth-order valence-corrected chi connectivity index (χ4v) is 2.55. The van der Waals surface area contributed by atoms with Crippen molar-refractivity contribution in [1.82, 2.24) is 4.90 Å². The molecule has 0 bridgehead atoms. The zero-order valence-electron chi connectivity index (χ0n) is 15.0. The summed E-state index contributed by atoms with van der Waals surface area (Å²) in [4.78, 5) is 14.3. The third-order valence-electron chi connectivity index (χ3n) is 3.77. The molecule has 2 aromatic rings. The van der Waals surface area contributed by atoms with Gasteiger partial charge in [0.1, 0.15) is 18.5 Å². The second kappa shape index (κ2) is 9.20. The van der Waals surface area contributed by atoms with Crippen molar-refractivity contribution in [2.75, 3.05) is 32.6 Å². The van der Waals surface area contributed by atoms with E-state index in [1.165, 1.54) is 0 Å². The van der Waals surface area contributed by atoms with Gasteiger partial charge in [-0.3, -0.25) is 4.79 Å². The van der Waals surface area contributed by atoms with Crippen LogP contribution in [0.2, 0.25) is 0 Å². The summed E-state index contributed by atoms with van der Waals surface area (Å²) in [6.07, 6.45) is 0.269. The van der Waals surface area contributed by atoms with Gasteiger partial charge in [0.25, 0.3) is 5.91 Å². The molecule has 1 atom stereocenters. The number of aliphatic hydroxyl groups is 1. The number of benzene rings is 2. The number of nitrogens with one attached hydrogen (secondary N) is 1. The molecule has 2 rings (SSSR count). The number of amides is 1. The molecule has 0 heterocycles. The Morgan fingerprint density at radius 3 is 2.48 bits per heavy atom. The van der Waals surface area contributed by atoms with Gasteiger partial charge in [-0.15, -0.1) is 0 Å². The number of aliphatic hydroxyl groups excluding tert-OH is 1. The first-order valence-electron chi connectivity index (χ1n) is 8.44. The molecule has 0 saturated carbocycles. The number of hydrogen-bond donors (Lipinski definition) is 2. The largest absolute Gasteiger partial charge is 0.491 e. The molecule has 5 nitrogen and oxygen atoms in total. The molecule has 0 fully saturated rings. The molecule has 1 amide bonds. The smallest absolute Gasteiger partial charge is 0.255 e. The van der Waals surface area contributed by atoms with Crippen LogP contribution in [0.3, 0.4) is 0 Å². The van der Waals surface area contributed by atoms with Crippen molar-refractivity contribution in [2.45, 2.75) is 19.4 Å². The van der Waals surface area contributed by atoms with E-state index in [0.717, 1.165) is 12.0 Å². The number of carbonyl (C=O) groups excluding carboxylic acids is 1. The van der Waals surface area contributed by atoms with E-state index in [4.69, 9.17) is 4.74 Å². The molecule has 0 aromatic heterocycles. The van der Waals surface area contributed by atoms with Gasteiger partial charge in [-0.1, -0.05) is 25.1 Å². The standard InChI is InChI=1S/C20H26N2O3/c1-4-15-7-5-6-8-19(15)20(24)21-16-9-11-18(12-10-16)25-14-17(23)13-22(2)3/h5-12,17,23H,4,13-14H2,1-3H3,(H,21,24). The minimum absolute atomic E-state index is 0.118. The Hall–Kier alpha value is -2.37. The SMILES string of the molecule is CCc1ccccc1C(=O)Nc1ccc(OCC(O)CN(C)C)cc1. The zero-order valence-corrected chi connectivity index (χ0v) is 15.0. The van der Waals surface area contributed by atoms with Gasteiger partial charge >= 0.3 is 0 Å². The van der Waals surface area contributed by atoms with Gasteiger partial charge in [0.2, 0.25) is 0 Å². The molecular weight excluding hydrogens is 316 g/mol. The fraction of sp³-hybridized carbons (Fsp3) is 0.350. The van der Waals surface area contributed by atoms with Crippen LogP contribution < -0.4 is 10.1 Å². The lowest BCUT2D eigenvalue weighted by molar-refractivity contribution is 0.0831. The molecule has 0 spiro atoms. The number of anilines is 1. The van der Waals surface area contributed by atoms with Crippen molar-refractivity contribution >= 4 is 11.6 Å². The van der Waals surface area contributed by atoms with E-state index >= 15 is 0 Å². The first kappa shape index (κ1) is 19.0. The minimum Gasteiger partial charge on any atom is -0.491 e. The second-order valence-corrected chi connectivity index (χ2v) is 6.22. The highest BCUT2D eigenvalue weighted by Crippen LogP contribution is 2.18. The Kier molecular flexibility index (Phi) is 6.98. The van der Waals surface area contributed by atoms with Crippen LogP contribution in [0.15, 0.2) is 48.5 Å². The predicted molar refractivity (Wildman–Crippen MR) is 100 cm³/mol. The molecule has 25 heavy (non-hydrogen) atoms. The molecule has 134 valence electrons. The molecule has 0 radical (unpaired) electrons. The van der Waals surface area contributed by atoms with Gasteiger partial charge in [-0.2, -0.15) is 0 Å². The number of hydrogen-bond acceptors (Lipinski definition) is 4. The van der Waals surface area contributed by atoms with E-state index in [1.54, 1.807) is 24.3 Å². The molecule has 1 unspecified atom stereocenters. The van der Waals surface area contributed by atoms with Crippen LogP contribution in [0.25, 0.3) is 0 Å². The lowest BCUT2D eigenvalue weighted by Gasteiger charge is -2.16. The second-order valence-electron chi connectivity index (χ2n) is 6.22. The zero-order chi connectivity index (χ0) is 18.2. The fourth-order valence-electron chi connectivity index (χ4n) is 2.55. The number of likely N-dealkylation sites (N-methyl/N-ethyl adjacent to an activating group) is 1. The molecule has 2 N–H and O–H groups in total. The van der Waals surface area contributed by atoms with E-state index in [1.807, 2.05) is 50.2 Å². The maximum Gasteiger partial charge on any atom is 0.255 e. The number of nitrogens with zero attached hydrogens (tertiary/aromatic N) is 1.